The van der Waals surface area contributed by atoms with Crippen molar-refractivity contribution >= 4 is 29.9 Å². The van der Waals surface area contributed by atoms with Gasteiger partial charge in [-0.05, 0) is 25.0 Å². The quantitative estimate of drug-likeness (QED) is 0.856. The molecule has 104 valence electrons. The van der Waals surface area contributed by atoms with Crippen LogP contribution in [-0.4, -0.2) is 30.9 Å². The standard InChI is InChI=1S/C13H17N3O2.ClH/c14-9-12(17)15-11-7-4-8-16(13(11)18)10-5-2-1-3-6-10;/h1-3,5-6,11H,4,7-9,14H2,(H,15,17);1H. The second-order valence-electron chi connectivity index (χ2n) is 4.29. The van der Waals surface area contributed by atoms with Gasteiger partial charge in [0.05, 0.1) is 6.54 Å². The second kappa shape index (κ2) is 7.11. The fourth-order valence-corrected chi connectivity index (χ4v) is 2.13. The van der Waals surface area contributed by atoms with Crippen molar-refractivity contribution in [1.82, 2.24) is 5.32 Å². The van der Waals surface area contributed by atoms with Gasteiger partial charge < -0.3 is 16.0 Å². The summed E-state index contributed by atoms with van der Waals surface area (Å²) in [4.78, 5) is 25.2. The third-order valence-electron chi connectivity index (χ3n) is 3.03. The van der Waals surface area contributed by atoms with Crippen LogP contribution in [0.5, 0.6) is 0 Å². The molecule has 2 amide bonds. The van der Waals surface area contributed by atoms with Crippen molar-refractivity contribution in [2.45, 2.75) is 18.9 Å². The highest BCUT2D eigenvalue weighted by Gasteiger charge is 2.30. The number of hydrogen-bond donors (Lipinski definition) is 2. The molecule has 1 saturated heterocycles. The molecule has 0 radical (unpaired) electrons. The monoisotopic (exact) mass is 283 g/mol. The summed E-state index contributed by atoms with van der Waals surface area (Å²) in [5, 5.41) is 2.66. The molecule has 1 heterocycles. The molecule has 1 aliphatic heterocycles. The predicted octanol–water partition coefficient (Wildman–Crippen LogP) is 0.679. The fourth-order valence-electron chi connectivity index (χ4n) is 2.13. The van der Waals surface area contributed by atoms with Crippen LogP contribution < -0.4 is 16.0 Å². The first kappa shape index (κ1) is 15.5. The first-order valence-corrected chi connectivity index (χ1v) is 6.08. The van der Waals surface area contributed by atoms with Crippen molar-refractivity contribution in [3.05, 3.63) is 30.3 Å². The first-order chi connectivity index (χ1) is 8.72. The van der Waals surface area contributed by atoms with Gasteiger partial charge in [-0.3, -0.25) is 9.59 Å². The van der Waals surface area contributed by atoms with Gasteiger partial charge in [-0.25, -0.2) is 0 Å². The van der Waals surface area contributed by atoms with E-state index in [1.165, 1.54) is 0 Å². The first-order valence-electron chi connectivity index (χ1n) is 6.08. The molecule has 1 atom stereocenters. The molecule has 1 fully saturated rings. The van der Waals surface area contributed by atoms with E-state index >= 15 is 0 Å². The number of nitrogens with two attached hydrogens (primary N) is 1. The molecule has 1 aliphatic rings. The smallest absolute Gasteiger partial charge is 0.249 e. The number of rotatable bonds is 3. The Bertz CT molecular complexity index is 439. The highest BCUT2D eigenvalue weighted by molar-refractivity contribution is 6.00. The van der Waals surface area contributed by atoms with Gasteiger partial charge >= 0.3 is 0 Å². The third kappa shape index (κ3) is 3.68. The maximum atomic E-state index is 12.2. The summed E-state index contributed by atoms with van der Waals surface area (Å²) in [7, 11) is 0. The molecular weight excluding hydrogens is 266 g/mol. The Kier molecular flexibility index (Phi) is 5.79. The largest absolute Gasteiger partial charge is 0.343 e. The fraction of sp³-hybridized carbons (Fsp3) is 0.385. The molecule has 0 bridgehead atoms. The molecule has 1 aromatic carbocycles. The lowest BCUT2D eigenvalue weighted by Crippen LogP contribution is -2.53. The zero-order chi connectivity index (χ0) is 13.0. The van der Waals surface area contributed by atoms with Crippen molar-refractivity contribution in [1.29, 1.82) is 0 Å². The van der Waals surface area contributed by atoms with E-state index in [0.717, 1.165) is 12.1 Å². The van der Waals surface area contributed by atoms with E-state index in [-0.39, 0.29) is 30.8 Å². The molecular formula is C13H18ClN3O2. The van der Waals surface area contributed by atoms with Crippen LogP contribution >= 0.6 is 12.4 Å². The Hall–Kier alpha value is -1.59. The summed E-state index contributed by atoms with van der Waals surface area (Å²) in [6.45, 7) is 0.604. The number of anilines is 1. The minimum atomic E-state index is -0.449. The molecule has 0 aromatic heterocycles. The van der Waals surface area contributed by atoms with E-state index < -0.39 is 6.04 Å². The summed E-state index contributed by atoms with van der Waals surface area (Å²) in [5.41, 5.74) is 6.11. The van der Waals surface area contributed by atoms with Gasteiger partial charge in [-0.15, -0.1) is 12.4 Å². The van der Waals surface area contributed by atoms with Crippen LogP contribution in [0.15, 0.2) is 30.3 Å². The Labute approximate surface area is 118 Å². The zero-order valence-electron chi connectivity index (χ0n) is 10.5. The van der Waals surface area contributed by atoms with E-state index in [4.69, 9.17) is 5.73 Å². The van der Waals surface area contributed by atoms with Crippen LogP contribution in [0.1, 0.15) is 12.8 Å². The van der Waals surface area contributed by atoms with Crippen molar-refractivity contribution in [2.24, 2.45) is 5.73 Å². The van der Waals surface area contributed by atoms with Crippen LogP contribution in [0, 0.1) is 0 Å². The lowest BCUT2D eigenvalue weighted by atomic mass is 10.0. The Balaban J connectivity index is 0.00000180. The van der Waals surface area contributed by atoms with Crippen molar-refractivity contribution in [3.63, 3.8) is 0 Å². The van der Waals surface area contributed by atoms with Gasteiger partial charge in [0.2, 0.25) is 11.8 Å². The highest BCUT2D eigenvalue weighted by Crippen LogP contribution is 2.20. The van der Waals surface area contributed by atoms with Crippen LogP contribution in [0.3, 0.4) is 0 Å². The number of halogens is 1. The number of nitrogens with one attached hydrogen (secondary N) is 1. The molecule has 1 unspecified atom stereocenters. The summed E-state index contributed by atoms with van der Waals surface area (Å²) in [6, 6.07) is 9.03. The Morgan fingerprint density at radius 2 is 2.05 bits per heavy atom. The van der Waals surface area contributed by atoms with E-state index in [9.17, 15) is 9.59 Å². The van der Waals surface area contributed by atoms with Gasteiger partial charge in [0.15, 0.2) is 0 Å². The van der Waals surface area contributed by atoms with Gasteiger partial charge in [0.25, 0.3) is 0 Å². The number of carbonyl (C=O) groups is 2. The summed E-state index contributed by atoms with van der Waals surface area (Å²) in [6.07, 6.45) is 1.55. The minimum absolute atomic E-state index is 0. The molecule has 5 nitrogen and oxygen atoms in total. The SMILES string of the molecule is Cl.NCC(=O)NC1CCCN(c2ccccc2)C1=O. The Morgan fingerprint density at radius 1 is 1.37 bits per heavy atom. The number of para-hydroxylation sites is 1. The maximum Gasteiger partial charge on any atom is 0.249 e. The molecule has 19 heavy (non-hydrogen) atoms. The number of hydrogen-bond acceptors (Lipinski definition) is 3. The van der Waals surface area contributed by atoms with Crippen LogP contribution in [0.25, 0.3) is 0 Å². The number of benzene rings is 1. The van der Waals surface area contributed by atoms with Crippen LogP contribution in [-0.2, 0) is 9.59 Å². The second-order valence-corrected chi connectivity index (χ2v) is 4.29. The van der Waals surface area contributed by atoms with E-state index in [2.05, 4.69) is 5.32 Å². The number of amides is 2. The van der Waals surface area contributed by atoms with E-state index in [1.807, 2.05) is 30.3 Å². The molecule has 0 saturated carbocycles. The topological polar surface area (TPSA) is 75.4 Å². The van der Waals surface area contributed by atoms with E-state index in [1.54, 1.807) is 4.90 Å². The third-order valence-corrected chi connectivity index (χ3v) is 3.03. The van der Waals surface area contributed by atoms with Crippen molar-refractivity contribution < 1.29 is 9.59 Å². The predicted molar refractivity (Wildman–Crippen MR) is 76.3 cm³/mol. The number of nitrogens with zero attached hydrogens (tertiary/aromatic N) is 1. The minimum Gasteiger partial charge on any atom is -0.343 e. The van der Waals surface area contributed by atoms with E-state index in [0.29, 0.717) is 13.0 Å². The maximum absolute atomic E-state index is 12.2. The van der Waals surface area contributed by atoms with Crippen LogP contribution in [0.4, 0.5) is 5.69 Å². The van der Waals surface area contributed by atoms with Crippen LogP contribution in [0.2, 0.25) is 0 Å². The zero-order valence-corrected chi connectivity index (χ0v) is 11.4. The number of carbonyl (C=O) groups excluding carboxylic acids is 2. The molecule has 6 heteroatoms. The lowest BCUT2D eigenvalue weighted by Gasteiger charge is -2.32. The van der Waals surface area contributed by atoms with Crippen molar-refractivity contribution in [2.75, 3.05) is 18.0 Å². The highest BCUT2D eigenvalue weighted by atomic mass is 35.5. The number of piperidine rings is 1. The van der Waals surface area contributed by atoms with Gasteiger partial charge in [0.1, 0.15) is 6.04 Å². The Morgan fingerprint density at radius 3 is 2.68 bits per heavy atom. The summed E-state index contributed by atoms with van der Waals surface area (Å²) < 4.78 is 0. The lowest BCUT2D eigenvalue weighted by molar-refractivity contribution is -0.127. The summed E-state index contributed by atoms with van der Waals surface area (Å²) >= 11 is 0. The van der Waals surface area contributed by atoms with Gasteiger partial charge in [0, 0.05) is 12.2 Å². The normalized spacial score (nSPS) is 18.7. The average molecular weight is 284 g/mol. The van der Waals surface area contributed by atoms with Gasteiger partial charge in [-0.2, -0.15) is 0 Å². The molecule has 2 rings (SSSR count). The molecule has 1 aromatic rings. The molecule has 0 aliphatic carbocycles. The molecule has 0 spiro atoms. The summed E-state index contributed by atoms with van der Waals surface area (Å²) in [5.74, 6) is -0.350. The average Bonchev–Trinajstić information content (AvgIpc) is 2.42. The van der Waals surface area contributed by atoms with Crippen molar-refractivity contribution in [3.8, 4) is 0 Å². The van der Waals surface area contributed by atoms with Gasteiger partial charge in [-0.1, -0.05) is 18.2 Å². The molecule has 3 N–H and O–H groups in total.